The summed E-state index contributed by atoms with van der Waals surface area (Å²) < 4.78 is 0. The standard InChI is InChI=1S/C11H18N4O/c1-2-3-5-13-10-8-7-12-6-4-9(8)14-11(16)15-10/h12H,2-7H2,1H3,(H2,13,14,15,16). The van der Waals surface area contributed by atoms with Crippen molar-refractivity contribution in [3.63, 3.8) is 0 Å². The molecule has 0 unspecified atom stereocenters. The number of hydrogen-bond donors (Lipinski definition) is 3. The van der Waals surface area contributed by atoms with Crippen molar-refractivity contribution >= 4 is 5.82 Å². The van der Waals surface area contributed by atoms with E-state index in [0.29, 0.717) is 0 Å². The molecule has 88 valence electrons. The summed E-state index contributed by atoms with van der Waals surface area (Å²) in [5.74, 6) is 0.749. The van der Waals surface area contributed by atoms with Crippen LogP contribution in [-0.4, -0.2) is 23.1 Å². The number of unbranched alkanes of at least 4 members (excludes halogenated alkanes) is 1. The van der Waals surface area contributed by atoms with Crippen LogP contribution in [0.1, 0.15) is 31.0 Å². The van der Waals surface area contributed by atoms with E-state index in [-0.39, 0.29) is 5.69 Å². The first-order valence-corrected chi connectivity index (χ1v) is 5.88. The van der Waals surface area contributed by atoms with Crippen molar-refractivity contribution < 1.29 is 0 Å². The van der Waals surface area contributed by atoms with Crippen molar-refractivity contribution in [2.45, 2.75) is 32.7 Å². The Morgan fingerprint density at radius 3 is 3.19 bits per heavy atom. The Hall–Kier alpha value is -1.36. The lowest BCUT2D eigenvalue weighted by molar-refractivity contribution is 0.623. The molecule has 2 rings (SSSR count). The van der Waals surface area contributed by atoms with E-state index in [1.165, 1.54) is 0 Å². The zero-order valence-corrected chi connectivity index (χ0v) is 9.60. The van der Waals surface area contributed by atoms with Crippen LogP contribution < -0.4 is 16.3 Å². The molecule has 3 N–H and O–H groups in total. The third kappa shape index (κ3) is 2.41. The van der Waals surface area contributed by atoms with Gasteiger partial charge in [0.15, 0.2) is 0 Å². The molecule has 0 amide bonds. The number of nitrogens with zero attached hydrogens (tertiary/aromatic N) is 1. The Kier molecular flexibility index (Phi) is 3.56. The molecule has 0 saturated heterocycles. The van der Waals surface area contributed by atoms with Gasteiger partial charge in [-0.2, -0.15) is 4.98 Å². The van der Waals surface area contributed by atoms with Gasteiger partial charge in [-0.3, -0.25) is 0 Å². The van der Waals surface area contributed by atoms with E-state index < -0.39 is 0 Å². The minimum Gasteiger partial charge on any atom is -0.370 e. The summed E-state index contributed by atoms with van der Waals surface area (Å²) in [5.41, 5.74) is 1.89. The minimum atomic E-state index is -0.250. The van der Waals surface area contributed by atoms with E-state index >= 15 is 0 Å². The van der Waals surface area contributed by atoms with Crippen molar-refractivity contribution in [1.29, 1.82) is 0 Å². The average molecular weight is 222 g/mol. The molecule has 1 aromatic rings. The highest BCUT2D eigenvalue weighted by Crippen LogP contribution is 2.16. The van der Waals surface area contributed by atoms with E-state index in [0.717, 1.165) is 56.0 Å². The van der Waals surface area contributed by atoms with E-state index in [2.05, 4.69) is 27.5 Å². The van der Waals surface area contributed by atoms with E-state index in [1.807, 2.05) is 0 Å². The summed E-state index contributed by atoms with van der Waals surface area (Å²) in [4.78, 5) is 18.2. The van der Waals surface area contributed by atoms with Gasteiger partial charge in [0.05, 0.1) is 0 Å². The normalized spacial score (nSPS) is 14.6. The van der Waals surface area contributed by atoms with E-state index in [4.69, 9.17) is 0 Å². The molecule has 5 nitrogen and oxygen atoms in total. The molecule has 2 heterocycles. The lowest BCUT2D eigenvalue weighted by atomic mass is 10.1. The number of anilines is 1. The average Bonchev–Trinajstić information content (AvgIpc) is 2.29. The molecular weight excluding hydrogens is 204 g/mol. The zero-order valence-electron chi connectivity index (χ0n) is 9.60. The molecule has 1 aliphatic heterocycles. The summed E-state index contributed by atoms with van der Waals surface area (Å²) in [6.45, 7) is 4.72. The van der Waals surface area contributed by atoms with E-state index in [1.54, 1.807) is 0 Å². The lowest BCUT2D eigenvalue weighted by Gasteiger charge is -2.19. The minimum absolute atomic E-state index is 0.250. The third-order valence-electron chi connectivity index (χ3n) is 2.80. The molecule has 0 fully saturated rings. The van der Waals surface area contributed by atoms with Crippen LogP contribution in [-0.2, 0) is 13.0 Å². The van der Waals surface area contributed by atoms with Crippen molar-refractivity contribution in [2.24, 2.45) is 0 Å². The number of aromatic amines is 1. The third-order valence-corrected chi connectivity index (χ3v) is 2.80. The Bertz CT molecular complexity index is 413. The second-order valence-electron chi connectivity index (χ2n) is 4.05. The van der Waals surface area contributed by atoms with Crippen LogP contribution in [0.25, 0.3) is 0 Å². The molecule has 16 heavy (non-hydrogen) atoms. The first-order valence-electron chi connectivity index (χ1n) is 5.88. The van der Waals surface area contributed by atoms with Crippen LogP contribution in [0, 0.1) is 0 Å². The molecule has 0 saturated carbocycles. The van der Waals surface area contributed by atoms with Crippen LogP contribution >= 0.6 is 0 Å². The second-order valence-corrected chi connectivity index (χ2v) is 4.05. The van der Waals surface area contributed by atoms with Gasteiger partial charge in [0, 0.05) is 37.3 Å². The van der Waals surface area contributed by atoms with Crippen LogP contribution in [0.3, 0.4) is 0 Å². The van der Waals surface area contributed by atoms with Crippen LogP contribution in [0.5, 0.6) is 0 Å². The fourth-order valence-electron chi connectivity index (χ4n) is 1.90. The number of rotatable bonds is 4. The SMILES string of the molecule is CCCCNc1nc(=O)[nH]c2c1CNCC2. The number of hydrogen-bond acceptors (Lipinski definition) is 4. The van der Waals surface area contributed by atoms with Crippen molar-refractivity contribution in [3.05, 3.63) is 21.7 Å². The summed E-state index contributed by atoms with van der Waals surface area (Å²) >= 11 is 0. The maximum atomic E-state index is 11.4. The number of H-pyrrole nitrogens is 1. The fourth-order valence-corrected chi connectivity index (χ4v) is 1.90. The van der Waals surface area contributed by atoms with Gasteiger partial charge in [0.1, 0.15) is 5.82 Å². The van der Waals surface area contributed by atoms with Crippen LogP contribution in [0.4, 0.5) is 5.82 Å². The first-order chi connectivity index (χ1) is 7.81. The lowest BCUT2D eigenvalue weighted by Crippen LogP contribution is -2.30. The Morgan fingerprint density at radius 1 is 1.50 bits per heavy atom. The van der Waals surface area contributed by atoms with E-state index in [9.17, 15) is 4.79 Å². The highest BCUT2D eigenvalue weighted by molar-refractivity contribution is 5.46. The number of fused-ring (bicyclic) bond motifs is 1. The monoisotopic (exact) mass is 222 g/mol. The van der Waals surface area contributed by atoms with Gasteiger partial charge < -0.3 is 15.6 Å². The Labute approximate surface area is 94.7 Å². The molecule has 0 aromatic carbocycles. The second kappa shape index (κ2) is 5.12. The highest BCUT2D eigenvalue weighted by atomic mass is 16.1. The summed E-state index contributed by atoms with van der Waals surface area (Å²) in [5, 5.41) is 6.53. The van der Waals surface area contributed by atoms with Crippen LogP contribution in [0.15, 0.2) is 4.79 Å². The topological polar surface area (TPSA) is 69.8 Å². The summed E-state index contributed by atoms with van der Waals surface area (Å²) in [6, 6.07) is 0. The predicted octanol–water partition coefficient (Wildman–Crippen LogP) is 0.628. The summed E-state index contributed by atoms with van der Waals surface area (Å²) in [7, 11) is 0. The molecule has 5 heteroatoms. The quantitative estimate of drug-likeness (QED) is 0.653. The van der Waals surface area contributed by atoms with Gasteiger partial charge in [-0.15, -0.1) is 0 Å². The zero-order chi connectivity index (χ0) is 11.4. The van der Waals surface area contributed by atoms with Crippen LogP contribution in [0.2, 0.25) is 0 Å². The molecule has 0 atom stereocenters. The molecule has 0 spiro atoms. The Balaban J connectivity index is 2.21. The van der Waals surface area contributed by atoms with Gasteiger partial charge in [-0.25, -0.2) is 4.79 Å². The van der Waals surface area contributed by atoms with Gasteiger partial charge in [0.2, 0.25) is 0 Å². The molecular formula is C11H18N4O. The van der Waals surface area contributed by atoms with Gasteiger partial charge in [-0.05, 0) is 6.42 Å². The summed E-state index contributed by atoms with van der Waals surface area (Å²) in [6.07, 6.45) is 3.10. The number of aromatic nitrogens is 2. The molecule has 0 radical (unpaired) electrons. The Morgan fingerprint density at radius 2 is 2.38 bits per heavy atom. The van der Waals surface area contributed by atoms with Crippen molar-refractivity contribution in [1.82, 2.24) is 15.3 Å². The molecule has 0 aliphatic carbocycles. The molecule has 1 aromatic heterocycles. The molecule has 0 bridgehead atoms. The van der Waals surface area contributed by atoms with Gasteiger partial charge in [0.25, 0.3) is 0 Å². The predicted molar refractivity (Wildman–Crippen MR) is 63.7 cm³/mol. The number of nitrogens with one attached hydrogen (secondary N) is 3. The molecule has 1 aliphatic rings. The van der Waals surface area contributed by atoms with Crippen molar-refractivity contribution in [2.75, 3.05) is 18.4 Å². The smallest absolute Gasteiger partial charge is 0.347 e. The first kappa shape index (κ1) is 11.1. The largest absolute Gasteiger partial charge is 0.370 e. The van der Waals surface area contributed by atoms with Crippen molar-refractivity contribution in [3.8, 4) is 0 Å². The highest BCUT2D eigenvalue weighted by Gasteiger charge is 2.15. The van der Waals surface area contributed by atoms with Gasteiger partial charge in [-0.1, -0.05) is 13.3 Å². The van der Waals surface area contributed by atoms with Gasteiger partial charge >= 0.3 is 5.69 Å². The maximum Gasteiger partial charge on any atom is 0.347 e. The fraction of sp³-hybridized carbons (Fsp3) is 0.636. The maximum absolute atomic E-state index is 11.4.